The van der Waals surface area contributed by atoms with Crippen molar-refractivity contribution in [3.05, 3.63) is 51.7 Å². The summed E-state index contributed by atoms with van der Waals surface area (Å²) in [5.41, 5.74) is 2.37. The lowest BCUT2D eigenvalue weighted by atomic mass is 10.1. The zero-order valence-electron chi connectivity index (χ0n) is 13.5. The van der Waals surface area contributed by atoms with Crippen LogP contribution in [0.1, 0.15) is 29.0 Å². The lowest BCUT2D eigenvalue weighted by molar-refractivity contribution is -0.123. The molecule has 0 saturated carbocycles. The van der Waals surface area contributed by atoms with Gasteiger partial charge in [-0.05, 0) is 36.4 Å². The SMILES string of the molecule is COc1ccccc1[C@@H](C)NC(=O)CN1CCc2sccc2C1. The number of amides is 1. The molecule has 1 atom stereocenters. The molecule has 1 amide bonds. The summed E-state index contributed by atoms with van der Waals surface area (Å²) in [6.45, 7) is 4.25. The van der Waals surface area contributed by atoms with Gasteiger partial charge in [0.1, 0.15) is 5.75 Å². The number of thiophene rings is 1. The van der Waals surface area contributed by atoms with Crippen molar-refractivity contribution in [2.45, 2.75) is 25.9 Å². The van der Waals surface area contributed by atoms with Gasteiger partial charge < -0.3 is 10.1 Å². The van der Waals surface area contributed by atoms with Crippen LogP contribution in [0.4, 0.5) is 0 Å². The Morgan fingerprint density at radius 3 is 3.04 bits per heavy atom. The van der Waals surface area contributed by atoms with Crippen molar-refractivity contribution in [2.24, 2.45) is 0 Å². The molecule has 1 aliphatic rings. The highest BCUT2D eigenvalue weighted by Crippen LogP contribution is 2.25. The zero-order valence-corrected chi connectivity index (χ0v) is 14.4. The number of methoxy groups -OCH3 is 1. The topological polar surface area (TPSA) is 41.6 Å². The highest BCUT2D eigenvalue weighted by Gasteiger charge is 2.20. The molecule has 0 spiro atoms. The number of ether oxygens (including phenoxy) is 1. The highest BCUT2D eigenvalue weighted by atomic mass is 32.1. The van der Waals surface area contributed by atoms with Gasteiger partial charge in [0.05, 0.1) is 19.7 Å². The van der Waals surface area contributed by atoms with Gasteiger partial charge in [0.15, 0.2) is 0 Å². The number of rotatable bonds is 5. The summed E-state index contributed by atoms with van der Waals surface area (Å²) in [7, 11) is 1.65. The Morgan fingerprint density at radius 1 is 1.39 bits per heavy atom. The largest absolute Gasteiger partial charge is 0.496 e. The lowest BCUT2D eigenvalue weighted by Gasteiger charge is -2.27. The van der Waals surface area contributed by atoms with Crippen LogP contribution in [0.25, 0.3) is 0 Å². The van der Waals surface area contributed by atoms with Gasteiger partial charge in [0, 0.05) is 23.5 Å². The third kappa shape index (κ3) is 3.74. The summed E-state index contributed by atoms with van der Waals surface area (Å²) in [5.74, 6) is 0.864. The first-order valence-corrected chi connectivity index (χ1v) is 8.75. The van der Waals surface area contributed by atoms with Crippen LogP contribution in [-0.4, -0.2) is 31.0 Å². The van der Waals surface area contributed by atoms with Gasteiger partial charge in [-0.2, -0.15) is 0 Å². The number of fused-ring (bicyclic) bond motifs is 1. The van der Waals surface area contributed by atoms with E-state index in [-0.39, 0.29) is 11.9 Å². The molecular formula is C18H22N2O2S. The monoisotopic (exact) mass is 330 g/mol. The fourth-order valence-electron chi connectivity index (χ4n) is 3.03. The van der Waals surface area contributed by atoms with Crippen molar-refractivity contribution >= 4 is 17.2 Å². The van der Waals surface area contributed by atoms with E-state index >= 15 is 0 Å². The van der Waals surface area contributed by atoms with Crippen LogP contribution in [-0.2, 0) is 17.8 Å². The van der Waals surface area contributed by atoms with Gasteiger partial charge in [-0.25, -0.2) is 0 Å². The third-order valence-corrected chi connectivity index (χ3v) is 5.26. The van der Waals surface area contributed by atoms with E-state index < -0.39 is 0 Å². The van der Waals surface area contributed by atoms with Crippen LogP contribution < -0.4 is 10.1 Å². The third-order valence-electron chi connectivity index (χ3n) is 4.24. The Labute approximate surface area is 141 Å². The van der Waals surface area contributed by atoms with Crippen molar-refractivity contribution in [3.63, 3.8) is 0 Å². The van der Waals surface area contributed by atoms with E-state index in [0.717, 1.165) is 30.8 Å². The standard InChI is InChI=1S/C18H22N2O2S/c1-13(15-5-3-4-6-16(15)22-2)19-18(21)12-20-9-7-17-14(11-20)8-10-23-17/h3-6,8,10,13H,7,9,11-12H2,1-2H3,(H,19,21)/t13-/m1/s1. The Kier molecular flexibility index (Phi) is 4.98. The van der Waals surface area contributed by atoms with Crippen molar-refractivity contribution in [3.8, 4) is 5.75 Å². The molecule has 1 N–H and O–H groups in total. The second-order valence-corrected chi connectivity index (χ2v) is 6.86. The summed E-state index contributed by atoms with van der Waals surface area (Å²) in [6.07, 6.45) is 1.04. The van der Waals surface area contributed by atoms with Gasteiger partial charge in [-0.3, -0.25) is 9.69 Å². The highest BCUT2D eigenvalue weighted by molar-refractivity contribution is 7.10. The molecule has 4 nitrogen and oxygen atoms in total. The summed E-state index contributed by atoms with van der Waals surface area (Å²) in [4.78, 5) is 16.0. The number of hydrogen-bond acceptors (Lipinski definition) is 4. The van der Waals surface area contributed by atoms with Crippen LogP contribution in [0, 0.1) is 0 Å². The molecular weight excluding hydrogens is 308 g/mol. The zero-order chi connectivity index (χ0) is 16.2. The summed E-state index contributed by atoms with van der Waals surface area (Å²) < 4.78 is 5.37. The molecule has 1 aromatic carbocycles. The summed E-state index contributed by atoms with van der Waals surface area (Å²) in [5, 5.41) is 5.21. The number of carbonyl (C=O) groups excluding carboxylic acids is 1. The van der Waals surface area contributed by atoms with E-state index in [1.54, 1.807) is 7.11 Å². The van der Waals surface area contributed by atoms with E-state index in [0.29, 0.717) is 6.54 Å². The minimum absolute atomic E-state index is 0.0575. The van der Waals surface area contributed by atoms with E-state index in [1.165, 1.54) is 10.4 Å². The molecule has 1 aromatic heterocycles. The minimum atomic E-state index is -0.0693. The van der Waals surface area contributed by atoms with Crippen LogP contribution in [0.2, 0.25) is 0 Å². The molecule has 1 aliphatic heterocycles. The molecule has 2 aromatic rings. The first-order valence-electron chi connectivity index (χ1n) is 7.87. The quantitative estimate of drug-likeness (QED) is 0.916. The van der Waals surface area contributed by atoms with Gasteiger partial charge >= 0.3 is 0 Å². The summed E-state index contributed by atoms with van der Waals surface area (Å²) in [6, 6.07) is 9.90. The lowest BCUT2D eigenvalue weighted by Crippen LogP contribution is -2.40. The predicted molar refractivity (Wildman–Crippen MR) is 92.9 cm³/mol. The van der Waals surface area contributed by atoms with Crippen molar-refractivity contribution in [2.75, 3.05) is 20.2 Å². The van der Waals surface area contributed by atoms with E-state index in [4.69, 9.17) is 4.74 Å². The van der Waals surface area contributed by atoms with Gasteiger partial charge in [0.2, 0.25) is 5.91 Å². The molecule has 0 aliphatic carbocycles. The minimum Gasteiger partial charge on any atom is -0.496 e. The molecule has 0 unspecified atom stereocenters. The molecule has 5 heteroatoms. The van der Waals surface area contributed by atoms with Crippen LogP contribution >= 0.6 is 11.3 Å². The maximum absolute atomic E-state index is 12.4. The Balaban J connectivity index is 1.57. The van der Waals surface area contributed by atoms with Crippen LogP contribution in [0.5, 0.6) is 5.75 Å². The molecule has 0 radical (unpaired) electrons. The fraction of sp³-hybridized carbons (Fsp3) is 0.389. The Hall–Kier alpha value is -1.85. The molecule has 122 valence electrons. The van der Waals surface area contributed by atoms with E-state index in [9.17, 15) is 4.79 Å². The number of nitrogens with zero attached hydrogens (tertiary/aromatic N) is 1. The fourth-order valence-corrected chi connectivity index (χ4v) is 3.92. The van der Waals surface area contributed by atoms with Crippen molar-refractivity contribution in [1.82, 2.24) is 10.2 Å². The first kappa shape index (κ1) is 16.0. The van der Waals surface area contributed by atoms with Crippen molar-refractivity contribution in [1.29, 1.82) is 0 Å². The predicted octanol–water partition coefficient (Wildman–Crippen LogP) is 2.99. The maximum atomic E-state index is 12.4. The number of nitrogens with one attached hydrogen (secondary N) is 1. The molecule has 0 bridgehead atoms. The number of hydrogen-bond donors (Lipinski definition) is 1. The number of benzene rings is 1. The first-order chi connectivity index (χ1) is 11.2. The van der Waals surface area contributed by atoms with Crippen molar-refractivity contribution < 1.29 is 9.53 Å². The Bertz CT molecular complexity index is 683. The smallest absolute Gasteiger partial charge is 0.234 e. The van der Waals surface area contributed by atoms with Gasteiger partial charge in [0.25, 0.3) is 0 Å². The van der Waals surface area contributed by atoms with Gasteiger partial charge in [-0.15, -0.1) is 11.3 Å². The van der Waals surface area contributed by atoms with Crippen LogP contribution in [0.3, 0.4) is 0 Å². The number of carbonyl (C=O) groups is 1. The summed E-state index contributed by atoms with van der Waals surface area (Å²) >= 11 is 1.82. The van der Waals surface area contributed by atoms with E-state index in [1.807, 2.05) is 42.5 Å². The molecule has 0 fully saturated rings. The molecule has 0 saturated heterocycles. The van der Waals surface area contributed by atoms with Gasteiger partial charge in [-0.1, -0.05) is 18.2 Å². The molecule has 23 heavy (non-hydrogen) atoms. The maximum Gasteiger partial charge on any atom is 0.234 e. The van der Waals surface area contributed by atoms with E-state index in [2.05, 4.69) is 21.7 Å². The second-order valence-electron chi connectivity index (χ2n) is 5.86. The average Bonchev–Trinajstić information content (AvgIpc) is 3.02. The normalized spacial score (nSPS) is 15.7. The second kappa shape index (κ2) is 7.15. The average molecular weight is 330 g/mol. The molecule has 3 rings (SSSR count). The Morgan fingerprint density at radius 2 is 2.22 bits per heavy atom. The van der Waals surface area contributed by atoms with Crippen LogP contribution in [0.15, 0.2) is 35.7 Å². The molecule has 2 heterocycles. The number of para-hydroxylation sites is 1.